The predicted molar refractivity (Wildman–Crippen MR) is 61.0 cm³/mol. The van der Waals surface area contributed by atoms with Gasteiger partial charge in [0.1, 0.15) is 0 Å². The van der Waals surface area contributed by atoms with E-state index in [2.05, 4.69) is 5.32 Å². The van der Waals surface area contributed by atoms with E-state index in [9.17, 15) is 18.0 Å². The van der Waals surface area contributed by atoms with E-state index >= 15 is 0 Å². The number of hydrogen-bond acceptors (Lipinski definition) is 4. The Morgan fingerprint density at radius 3 is 2.65 bits per heavy atom. The lowest BCUT2D eigenvalue weighted by Gasteiger charge is -2.36. The molecule has 2 aliphatic rings. The average Bonchev–Trinajstić information content (AvgIpc) is 2.39. The van der Waals surface area contributed by atoms with Crippen LogP contribution in [-0.2, 0) is 19.4 Å². The third-order valence-corrected chi connectivity index (χ3v) is 5.32. The molecule has 6 nitrogen and oxygen atoms in total. The molecule has 2 aliphatic heterocycles. The van der Waals surface area contributed by atoms with Crippen molar-refractivity contribution < 1.29 is 18.0 Å². The minimum Gasteiger partial charge on any atom is -0.347 e. The molecule has 17 heavy (non-hydrogen) atoms. The summed E-state index contributed by atoms with van der Waals surface area (Å²) < 4.78 is 23.1. The van der Waals surface area contributed by atoms with Gasteiger partial charge in [0.2, 0.25) is 11.8 Å². The van der Waals surface area contributed by atoms with Crippen LogP contribution in [0, 0.1) is 0 Å². The molecule has 0 aromatic heterocycles. The molecule has 0 aromatic rings. The molecule has 2 fully saturated rings. The molecule has 0 saturated carbocycles. The quantitative estimate of drug-likeness (QED) is 0.649. The lowest BCUT2D eigenvalue weighted by Crippen LogP contribution is -2.52. The molecule has 2 heterocycles. The van der Waals surface area contributed by atoms with Crippen LogP contribution in [-0.4, -0.2) is 55.3 Å². The number of sulfone groups is 1. The Hall–Kier alpha value is -1.11. The van der Waals surface area contributed by atoms with Crippen LogP contribution in [0.4, 0.5) is 0 Å². The van der Waals surface area contributed by atoms with Gasteiger partial charge in [-0.1, -0.05) is 0 Å². The Bertz CT molecular complexity index is 459. The highest BCUT2D eigenvalue weighted by Crippen LogP contribution is 2.30. The largest absolute Gasteiger partial charge is 0.347 e. The molecule has 2 amide bonds. The van der Waals surface area contributed by atoms with Crippen LogP contribution < -0.4 is 5.32 Å². The average molecular weight is 260 g/mol. The summed E-state index contributed by atoms with van der Waals surface area (Å²) in [6.45, 7) is 2.05. The summed E-state index contributed by atoms with van der Waals surface area (Å²) in [5.74, 6) is -0.241. The highest BCUT2D eigenvalue weighted by atomic mass is 32.2. The van der Waals surface area contributed by atoms with Crippen molar-refractivity contribution in [2.45, 2.75) is 25.3 Å². The zero-order chi connectivity index (χ0) is 12.7. The first-order valence-corrected chi connectivity index (χ1v) is 7.42. The van der Waals surface area contributed by atoms with E-state index in [-0.39, 0.29) is 36.3 Å². The maximum absolute atomic E-state index is 11.9. The fraction of sp³-hybridized carbons (Fsp3) is 0.800. The van der Waals surface area contributed by atoms with Crippen molar-refractivity contribution in [2.24, 2.45) is 0 Å². The minimum atomic E-state index is -3.05. The first kappa shape index (κ1) is 12.3. The van der Waals surface area contributed by atoms with Crippen molar-refractivity contribution >= 4 is 21.7 Å². The van der Waals surface area contributed by atoms with Crippen LogP contribution in [0.3, 0.4) is 0 Å². The van der Waals surface area contributed by atoms with Gasteiger partial charge in [-0.15, -0.1) is 0 Å². The molecule has 7 heteroatoms. The van der Waals surface area contributed by atoms with Crippen LogP contribution in [0.1, 0.15) is 19.8 Å². The monoisotopic (exact) mass is 260 g/mol. The molecule has 0 radical (unpaired) electrons. The summed E-state index contributed by atoms with van der Waals surface area (Å²) in [7, 11) is -3.05. The summed E-state index contributed by atoms with van der Waals surface area (Å²) in [5, 5.41) is 2.51. The van der Waals surface area contributed by atoms with E-state index in [0.717, 1.165) is 0 Å². The maximum Gasteiger partial charge on any atom is 0.242 e. The lowest BCUT2D eigenvalue weighted by atomic mass is 9.99. The Kier molecular flexibility index (Phi) is 2.89. The second-order valence-electron chi connectivity index (χ2n) is 4.91. The number of amides is 2. The standard InChI is InChI=1S/C10H16N2O4S/c1-10(3-5-17(15,16)7-10)12-4-2-8(13)11-6-9(12)14/h2-7H2,1H3,(H,11,13). The van der Waals surface area contributed by atoms with Crippen LogP contribution in [0.5, 0.6) is 0 Å². The number of rotatable bonds is 1. The fourth-order valence-electron chi connectivity index (χ4n) is 2.47. The molecular formula is C10H16N2O4S. The van der Waals surface area contributed by atoms with E-state index in [4.69, 9.17) is 0 Å². The van der Waals surface area contributed by atoms with Crippen molar-refractivity contribution in [3.63, 3.8) is 0 Å². The van der Waals surface area contributed by atoms with Gasteiger partial charge in [-0.25, -0.2) is 8.42 Å². The summed E-state index contributed by atoms with van der Waals surface area (Å²) in [5.41, 5.74) is -0.651. The first-order chi connectivity index (χ1) is 7.82. The topological polar surface area (TPSA) is 83.6 Å². The highest BCUT2D eigenvalue weighted by Gasteiger charge is 2.45. The Balaban J connectivity index is 2.21. The number of hydrogen-bond donors (Lipinski definition) is 1. The molecule has 2 rings (SSSR count). The summed E-state index contributed by atoms with van der Waals surface area (Å²) in [4.78, 5) is 24.6. The van der Waals surface area contributed by atoms with Gasteiger partial charge in [0.25, 0.3) is 0 Å². The van der Waals surface area contributed by atoms with Gasteiger partial charge in [-0.2, -0.15) is 0 Å². The Morgan fingerprint density at radius 1 is 1.35 bits per heavy atom. The lowest BCUT2D eigenvalue weighted by molar-refractivity contribution is -0.134. The van der Waals surface area contributed by atoms with E-state index in [1.165, 1.54) is 0 Å². The number of carbonyl (C=O) groups is 2. The van der Waals surface area contributed by atoms with Gasteiger partial charge >= 0.3 is 0 Å². The molecule has 0 aliphatic carbocycles. The molecular weight excluding hydrogens is 244 g/mol. The molecule has 1 atom stereocenters. The number of nitrogens with one attached hydrogen (secondary N) is 1. The fourth-order valence-corrected chi connectivity index (χ4v) is 4.62. The van der Waals surface area contributed by atoms with E-state index < -0.39 is 15.4 Å². The molecule has 0 spiro atoms. The van der Waals surface area contributed by atoms with Crippen LogP contribution in [0.15, 0.2) is 0 Å². The normalized spacial score (nSPS) is 33.4. The van der Waals surface area contributed by atoms with Crippen molar-refractivity contribution in [3.05, 3.63) is 0 Å². The highest BCUT2D eigenvalue weighted by molar-refractivity contribution is 7.91. The zero-order valence-electron chi connectivity index (χ0n) is 9.73. The second-order valence-corrected chi connectivity index (χ2v) is 7.10. The summed E-state index contributed by atoms with van der Waals surface area (Å²) >= 11 is 0. The van der Waals surface area contributed by atoms with Crippen LogP contribution in [0.2, 0.25) is 0 Å². The van der Waals surface area contributed by atoms with Gasteiger partial charge in [0.15, 0.2) is 9.84 Å². The molecule has 1 unspecified atom stereocenters. The molecule has 96 valence electrons. The van der Waals surface area contributed by atoms with Crippen molar-refractivity contribution in [1.29, 1.82) is 0 Å². The Labute approximate surface area is 100 Å². The van der Waals surface area contributed by atoms with E-state index in [1.54, 1.807) is 11.8 Å². The van der Waals surface area contributed by atoms with Gasteiger partial charge in [0, 0.05) is 13.0 Å². The molecule has 1 N–H and O–H groups in total. The van der Waals surface area contributed by atoms with Gasteiger partial charge in [-0.05, 0) is 13.3 Å². The predicted octanol–water partition coefficient (Wildman–Crippen LogP) is -1.09. The van der Waals surface area contributed by atoms with Crippen molar-refractivity contribution in [1.82, 2.24) is 10.2 Å². The summed E-state index contributed by atoms with van der Waals surface area (Å²) in [6, 6.07) is 0. The van der Waals surface area contributed by atoms with Crippen LogP contribution in [0.25, 0.3) is 0 Å². The minimum absolute atomic E-state index is 0.0000690. The third-order valence-electron chi connectivity index (χ3n) is 3.43. The second kappa shape index (κ2) is 3.97. The van der Waals surface area contributed by atoms with Crippen LogP contribution >= 0.6 is 0 Å². The summed E-state index contributed by atoms with van der Waals surface area (Å²) in [6.07, 6.45) is 0.691. The van der Waals surface area contributed by atoms with Gasteiger partial charge in [-0.3, -0.25) is 9.59 Å². The molecule has 2 saturated heterocycles. The van der Waals surface area contributed by atoms with E-state index in [1.807, 2.05) is 0 Å². The van der Waals surface area contributed by atoms with E-state index in [0.29, 0.717) is 13.0 Å². The smallest absolute Gasteiger partial charge is 0.242 e. The van der Waals surface area contributed by atoms with Gasteiger partial charge < -0.3 is 10.2 Å². The van der Waals surface area contributed by atoms with Crippen molar-refractivity contribution in [3.8, 4) is 0 Å². The maximum atomic E-state index is 11.9. The number of nitrogens with zero attached hydrogens (tertiary/aromatic N) is 1. The molecule has 0 aromatic carbocycles. The Morgan fingerprint density at radius 2 is 2.06 bits per heavy atom. The third kappa shape index (κ3) is 2.43. The van der Waals surface area contributed by atoms with Crippen molar-refractivity contribution in [2.75, 3.05) is 24.6 Å². The van der Waals surface area contributed by atoms with Gasteiger partial charge in [0.05, 0.1) is 23.6 Å². The molecule has 0 bridgehead atoms. The first-order valence-electron chi connectivity index (χ1n) is 5.60. The SMILES string of the molecule is CC1(N2CCC(=O)NCC2=O)CCS(=O)(=O)C1. The zero-order valence-corrected chi connectivity index (χ0v) is 10.5. The number of carbonyl (C=O) groups excluding carboxylic acids is 2.